The Hall–Kier alpha value is -3.13. The van der Waals surface area contributed by atoms with Crippen molar-refractivity contribution in [1.82, 2.24) is 9.55 Å². The molecular weight excluding hydrogens is 378 g/mol. The summed E-state index contributed by atoms with van der Waals surface area (Å²) in [5.74, 6) is -0.757. The van der Waals surface area contributed by atoms with Crippen LogP contribution in [0.25, 0.3) is 10.9 Å². The molecule has 7 nitrogen and oxygen atoms in total. The first-order chi connectivity index (χ1) is 13.5. The van der Waals surface area contributed by atoms with Crippen LogP contribution in [0.2, 0.25) is 0 Å². The largest absolute Gasteiger partial charge is 0.468 e. The van der Waals surface area contributed by atoms with E-state index in [2.05, 4.69) is 15.0 Å². The lowest BCUT2D eigenvalue weighted by Crippen LogP contribution is -2.28. The quantitative estimate of drug-likeness (QED) is 0.391. The normalized spacial score (nSPS) is 10.6. The van der Waals surface area contributed by atoms with Gasteiger partial charge in [0.1, 0.15) is 6.54 Å². The molecule has 0 aliphatic rings. The minimum absolute atomic E-state index is 0.0416. The van der Waals surface area contributed by atoms with E-state index in [1.807, 2.05) is 25.1 Å². The highest BCUT2D eigenvalue weighted by Gasteiger charge is 2.16. The molecule has 0 fully saturated rings. The monoisotopic (exact) mass is 397 g/mol. The zero-order valence-corrected chi connectivity index (χ0v) is 16.3. The number of benzene rings is 2. The first-order valence-corrected chi connectivity index (χ1v) is 9.52. The van der Waals surface area contributed by atoms with E-state index in [-0.39, 0.29) is 28.9 Å². The summed E-state index contributed by atoms with van der Waals surface area (Å²) in [5, 5.41) is 3.50. The number of esters is 1. The Morgan fingerprint density at radius 1 is 1.18 bits per heavy atom. The number of ether oxygens (including phenoxy) is 1. The topological polar surface area (TPSA) is 90.3 Å². The zero-order valence-electron chi connectivity index (χ0n) is 15.5. The molecule has 2 aromatic carbocycles. The fourth-order valence-electron chi connectivity index (χ4n) is 2.64. The molecule has 0 unspecified atom stereocenters. The Morgan fingerprint density at radius 2 is 1.96 bits per heavy atom. The fourth-order valence-corrected chi connectivity index (χ4v) is 3.44. The molecule has 1 N–H and O–H groups in total. The number of aromatic nitrogens is 2. The lowest BCUT2D eigenvalue weighted by molar-refractivity contribution is -0.141. The number of carbonyl (C=O) groups is 2. The molecule has 0 bridgehead atoms. The number of nitrogens with one attached hydrogen (secondary N) is 1. The third-order valence-electron chi connectivity index (χ3n) is 3.98. The van der Waals surface area contributed by atoms with Crippen molar-refractivity contribution in [3.05, 3.63) is 64.4 Å². The average Bonchev–Trinajstić information content (AvgIpc) is 2.68. The number of rotatable bonds is 6. The van der Waals surface area contributed by atoms with Crippen LogP contribution in [0.3, 0.4) is 0 Å². The summed E-state index contributed by atoms with van der Waals surface area (Å²) in [6.07, 6.45) is 0. The Morgan fingerprint density at radius 3 is 2.71 bits per heavy atom. The van der Waals surface area contributed by atoms with Crippen LogP contribution in [0.1, 0.15) is 5.56 Å². The molecular formula is C20H19N3O4S. The minimum Gasteiger partial charge on any atom is -0.468 e. The van der Waals surface area contributed by atoms with Gasteiger partial charge in [0.05, 0.1) is 23.8 Å². The number of aryl methyl sites for hydroxylation is 1. The van der Waals surface area contributed by atoms with Crippen molar-refractivity contribution >= 4 is 40.2 Å². The van der Waals surface area contributed by atoms with Gasteiger partial charge in [-0.15, -0.1) is 0 Å². The molecule has 1 heterocycles. The van der Waals surface area contributed by atoms with Gasteiger partial charge >= 0.3 is 5.97 Å². The summed E-state index contributed by atoms with van der Waals surface area (Å²) in [6.45, 7) is 1.67. The van der Waals surface area contributed by atoms with Gasteiger partial charge in [-0.05, 0) is 36.8 Å². The van der Waals surface area contributed by atoms with Crippen molar-refractivity contribution in [1.29, 1.82) is 0 Å². The zero-order chi connectivity index (χ0) is 20.1. The molecule has 1 amide bonds. The van der Waals surface area contributed by atoms with E-state index >= 15 is 0 Å². The van der Waals surface area contributed by atoms with Gasteiger partial charge in [-0.2, -0.15) is 0 Å². The number of nitrogens with zero attached hydrogens (tertiary/aromatic N) is 2. The van der Waals surface area contributed by atoms with Crippen molar-refractivity contribution in [3.63, 3.8) is 0 Å². The van der Waals surface area contributed by atoms with E-state index in [4.69, 9.17) is 0 Å². The maximum Gasteiger partial charge on any atom is 0.325 e. The molecule has 0 atom stereocenters. The summed E-state index contributed by atoms with van der Waals surface area (Å²) in [4.78, 5) is 41.3. The van der Waals surface area contributed by atoms with Gasteiger partial charge in [-0.1, -0.05) is 36.0 Å². The lowest BCUT2D eigenvalue weighted by Gasteiger charge is -2.12. The molecule has 8 heteroatoms. The number of anilines is 1. The van der Waals surface area contributed by atoms with Crippen LogP contribution in [-0.2, 0) is 20.9 Å². The predicted octanol–water partition coefficient (Wildman–Crippen LogP) is 2.61. The van der Waals surface area contributed by atoms with Crippen molar-refractivity contribution in [3.8, 4) is 0 Å². The van der Waals surface area contributed by atoms with Crippen LogP contribution in [0, 0.1) is 6.92 Å². The molecule has 1 aromatic heterocycles. The molecule has 0 radical (unpaired) electrons. The molecule has 0 aliphatic heterocycles. The number of para-hydroxylation sites is 1. The Kier molecular flexibility index (Phi) is 6.10. The second-order valence-corrected chi connectivity index (χ2v) is 7.03. The second kappa shape index (κ2) is 8.71. The summed E-state index contributed by atoms with van der Waals surface area (Å²) in [6, 6.07) is 14.3. The SMILES string of the molecule is COC(=O)Cn1c(SCC(=O)Nc2cccc(C)c2)nc2ccccc2c1=O. The number of hydrogen-bond donors (Lipinski definition) is 1. The van der Waals surface area contributed by atoms with Crippen LogP contribution < -0.4 is 10.9 Å². The highest BCUT2D eigenvalue weighted by atomic mass is 32.2. The molecule has 3 rings (SSSR count). The van der Waals surface area contributed by atoms with Gasteiger partial charge in [-0.3, -0.25) is 19.0 Å². The number of hydrogen-bond acceptors (Lipinski definition) is 6. The fraction of sp³-hybridized carbons (Fsp3) is 0.200. The maximum atomic E-state index is 12.8. The number of carbonyl (C=O) groups excluding carboxylic acids is 2. The number of thioether (sulfide) groups is 1. The second-order valence-electron chi connectivity index (χ2n) is 6.09. The van der Waals surface area contributed by atoms with Crippen LogP contribution in [-0.4, -0.2) is 34.3 Å². The van der Waals surface area contributed by atoms with E-state index < -0.39 is 5.97 Å². The molecule has 3 aromatic rings. The van der Waals surface area contributed by atoms with Crippen molar-refractivity contribution in [2.45, 2.75) is 18.6 Å². The lowest BCUT2D eigenvalue weighted by atomic mass is 10.2. The smallest absolute Gasteiger partial charge is 0.325 e. The molecule has 144 valence electrons. The summed E-state index contributed by atoms with van der Waals surface area (Å²) < 4.78 is 5.91. The third kappa shape index (κ3) is 4.58. The van der Waals surface area contributed by atoms with E-state index in [9.17, 15) is 14.4 Å². The minimum atomic E-state index is -0.565. The van der Waals surface area contributed by atoms with Crippen molar-refractivity contribution in [2.24, 2.45) is 0 Å². The molecule has 0 aliphatic carbocycles. The summed E-state index contributed by atoms with van der Waals surface area (Å²) >= 11 is 1.09. The Balaban J connectivity index is 1.84. The van der Waals surface area contributed by atoms with Crippen LogP contribution in [0.4, 0.5) is 5.69 Å². The van der Waals surface area contributed by atoms with Crippen molar-refractivity contribution < 1.29 is 14.3 Å². The van der Waals surface area contributed by atoms with Crippen LogP contribution in [0.15, 0.2) is 58.5 Å². The third-order valence-corrected chi connectivity index (χ3v) is 4.95. The maximum absolute atomic E-state index is 12.8. The van der Waals surface area contributed by atoms with Crippen LogP contribution in [0.5, 0.6) is 0 Å². The molecule has 0 spiro atoms. The van der Waals surface area contributed by atoms with Gasteiger partial charge < -0.3 is 10.1 Å². The molecule has 0 saturated carbocycles. The first-order valence-electron chi connectivity index (χ1n) is 8.53. The first kappa shape index (κ1) is 19.6. The molecule has 0 saturated heterocycles. The van der Waals surface area contributed by atoms with E-state index in [0.29, 0.717) is 16.6 Å². The van der Waals surface area contributed by atoms with Crippen LogP contribution >= 0.6 is 11.8 Å². The van der Waals surface area contributed by atoms with Gasteiger partial charge in [0.15, 0.2) is 5.16 Å². The van der Waals surface area contributed by atoms with E-state index in [0.717, 1.165) is 17.3 Å². The highest BCUT2D eigenvalue weighted by molar-refractivity contribution is 7.99. The Bertz CT molecular complexity index is 1090. The standard InChI is InChI=1S/C20H19N3O4S/c1-13-6-5-7-14(10-13)21-17(24)12-28-20-22-16-9-4-3-8-15(16)19(26)23(20)11-18(25)27-2/h3-10H,11-12H2,1-2H3,(H,21,24). The average molecular weight is 397 g/mol. The van der Waals surface area contributed by atoms with E-state index in [1.54, 1.807) is 30.3 Å². The highest BCUT2D eigenvalue weighted by Crippen LogP contribution is 2.19. The van der Waals surface area contributed by atoms with Gasteiger partial charge in [0.25, 0.3) is 5.56 Å². The van der Waals surface area contributed by atoms with Gasteiger partial charge in [0.2, 0.25) is 5.91 Å². The Labute approximate surface area is 165 Å². The van der Waals surface area contributed by atoms with Gasteiger partial charge in [-0.25, -0.2) is 4.98 Å². The number of amides is 1. The predicted molar refractivity (Wildman–Crippen MR) is 109 cm³/mol. The van der Waals surface area contributed by atoms with Crippen molar-refractivity contribution in [2.75, 3.05) is 18.2 Å². The number of fused-ring (bicyclic) bond motifs is 1. The van der Waals surface area contributed by atoms with Gasteiger partial charge in [0, 0.05) is 5.69 Å². The summed E-state index contributed by atoms with van der Waals surface area (Å²) in [5.41, 5.74) is 1.89. The van der Waals surface area contributed by atoms with E-state index in [1.165, 1.54) is 11.7 Å². The molecule has 28 heavy (non-hydrogen) atoms. The number of methoxy groups -OCH3 is 1. The summed E-state index contributed by atoms with van der Waals surface area (Å²) in [7, 11) is 1.25.